The number of nitrogens with zero attached hydrogens (tertiary/aromatic N) is 3. The van der Waals surface area contributed by atoms with Crippen molar-refractivity contribution in [2.24, 2.45) is 0 Å². The molecule has 34 heavy (non-hydrogen) atoms. The smallest absolute Gasteiger partial charge is 0.408 e. The van der Waals surface area contributed by atoms with Crippen LogP contribution in [-0.2, 0) is 16.0 Å². The molecule has 0 aliphatic carbocycles. The molecular weight excluding hydrogens is 450 g/mol. The van der Waals surface area contributed by atoms with Gasteiger partial charge in [-0.1, -0.05) is 60.2 Å². The third-order valence-corrected chi connectivity index (χ3v) is 5.77. The van der Waals surface area contributed by atoms with Crippen LogP contribution in [0.2, 0.25) is 0 Å². The molecule has 0 aliphatic heterocycles. The molecule has 2 heterocycles. The molecule has 2 aromatic heterocycles. The zero-order valence-corrected chi connectivity index (χ0v) is 20.3. The van der Waals surface area contributed by atoms with E-state index in [0.717, 1.165) is 16.8 Å². The summed E-state index contributed by atoms with van der Waals surface area (Å²) >= 11 is 1.44. The molecule has 0 fully saturated rings. The fourth-order valence-electron chi connectivity index (χ4n) is 3.36. The highest BCUT2D eigenvalue weighted by molar-refractivity contribution is 7.15. The van der Waals surface area contributed by atoms with Crippen molar-refractivity contribution >= 4 is 34.2 Å². The number of nitrogens with one attached hydrogen (secondary N) is 2. The summed E-state index contributed by atoms with van der Waals surface area (Å²) in [6, 6.07) is 16.7. The number of amides is 2. The van der Waals surface area contributed by atoms with Crippen LogP contribution in [0.3, 0.4) is 0 Å². The lowest BCUT2D eigenvalue weighted by atomic mass is 10.1. The average Bonchev–Trinajstić information content (AvgIpc) is 3.33. The van der Waals surface area contributed by atoms with Gasteiger partial charge in [0.25, 0.3) is 5.95 Å². The van der Waals surface area contributed by atoms with E-state index < -0.39 is 23.6 Å². The Morgan fingerprint density at radius 2 is 1.79 bits per heavy atom. The molecule has 9 heteroatoms. The van der Waals surface area contributed by atoms with Gasteiger partial charge >= 0.3 is 6.09 Å². The Morgan fingerprint density at radius 3 is 2.47 bits per heavy atom. The first-order valence-electron chi connectivity index (χ1n) is 10.9. The second-order valence-corrected chi connectivity index (χ2v) is 9.83. The van der Waals surface area contributed by atoms with Crippen molar-refractivity contribution in [2.75, 3.05) is 5.32 Å². The molecule has 0 aliphatic rings. The minimum atomic E-state index is -0.865. The van der Waals surface area contributed by atoms with Gasteiger partial charge in [0.1, 0.15) is 11.6 Å². The van der Waals surface area contributed by atoms with E-state index in [1.54, 1.807) is 25.3 Å². The normalized spacial score (nSPS) is 12.4. The van der Waals surface area contributed by atoms with Crippen molar-refractivity contribution in [3.05, 3.63) is 71.1 Å². The summed E-state index contributed by atoms with van der Waals surface area (Å²) in [5.41, 5.74) is 3.29. The van der Waals surface area contributed by atoms with Gasteiger partial charge in [0.05, 0.1) is 5.69 Å². The summed E-state index contributed by atoms with van der Waals surface area (Å²) in [4.78, 5) is 30.6. The number of thiazole rings is 1. The van der Waals surface area contributed by atoms with E-state index in [2.05, 4.69) is 20.7 Å². The zero-order valence-electron chi connectivity index (χ0n) is 19.5. The minimum Gasteiger partial charge on any atom is -0.444 e. The third kappa shape index (κ3) is 5.79. The van der Waals surface area contributed by atoms with E-state index in [9.17, 15) is 9.59 Å². The quantitative estimate of drug-likeness (QED) is 0.414. The first-order chi connectivity index (χ1) is 16.2. The lowest BCUT2D eigenvalue weighted by Gasteiger charge is -2.23. The van der Waals surface area contributed by atoms with E-state index in [4.69, 9.17) is 4.74 Å². The van der Waals surface area contributed by atoms with Gasteiger partial charge in [0.15, 0.2) is 0 Å². The van der Waals surface area contributed by atoms with Crippen LogP contribution in [0.5, 0.6) is 0 Å². The fraction of sp³-hybridized carbons (Fsp3) is 0.280. The highest BCUT2D eigenvalue weighted by atomic mass is 32.1. The summed E-state index contributed by atoms with van der Waals surface area (Å²) < 4.78 is 7.06. The molecule has 1 unspecified atom stereocenters. The summed E-state index contributed by atoms with van der Waals surface area (Å²) in [6.07, 6.45) is -0.369. The molecule has 2 aromatic carbocycles. The number of alkyl carbamates (subject to hydrolysis) is 1. The van der Waals surface area contributed by atoms with E-state index in [1.807, 2.05) is 66.9 Å². The Hall–Kier alpha value is -3.72. The maximum atomic E-state index is 13.1. The van der Waals surface area contributed by atoms with Gasteiger partial charge in [-0.3, -0.25) is 10.1 Å². The number of anilines is 1. The third-order valence-electron chi connectivity index (χ3n) is 4.95. The Bertz CT molecular complexity index is 1290. The maximum Gasteiger partial charge on any atom is 0.408 e. The number of rotatable bonds is 6. The van der Waals surface area contributed by atoms with Gasteiger partial charge in [-0.15, -0.1) is 16.4 Å². The van der Waals surface area contributed by atoms with Crippen LogP contribution in [-0.4, -0.2) is 38.2 Å². The lowest BCUT2D eigenvalue weighted by molar-refractivity contribution is -0.118. The predicted octanol–water partition coefficient (Wildman–Crippen LogP) is 4.84. The Balaban J connectivity index is 1.54. The van der Waals surface area contributed by atoms with Crippen molar-refractivity contribution in [3.8, 4) is 11.3 Å². The van der Waals surface area contributed by atoms with Crippen LogP contribution in [0.15, 0.2) is 60.0 Å². The van der Waals surface area contributed by atoms with Crippen molar-refractivity contribution in [2.45, 2.75) is 45.8 Å². The molecule has 0 saturated heterocycles. The first kappa shape index (κ1) is 23.4. The molecule has 0 bridgehead atoms. The summed E-state index contributed by atoms with van der Waals surface area (Å²) in [6.45, 7) is 7.35. The van der Waals surface area contributed by atoms with E-state index in [-0.39, 0.29) is 5.95 Å². The standard InChI is InChI=1S/C25H27N5O3S/c1-16-10-12-18(13-11-16)20-15-34-23-28-22(29-30(20)23)27-21(31)19(14-17-8-6-5-7-9-17)26-24(32)33-25(2,3)4/h5-13,15,19H,14H2,1-4H3,(H,26,32)(H,27,29,31). The van der Waals surface area contributed by atoms with Crippen LogP contribution >= 0.6 is 11.3 Å². The topological polar surface area (TPSA) is 97.6 Å². The number of hydrogen-bond donors (Lipinski definition) is 2. The number of fused-ring (bicyclic) bond motifs is 1. The molecule has 1 atom stereocenters. The molecule has 2 amide bonds. The molecule has 8 nitrogen and oxygen atoms in total. The van der Waals surface area contributed by atoms with Gasteiger partial charge in [0, 0.05) is 17.4 Å². The monoisotopic (exact) mass is 477 g/mol. The average molecular weight is 478 g/mol. The van der Waals surface area contributed by atoms with Crippen LogP contribution in [0.25, 0.3) is 16.2 Å². The van der Waals surface area contributed by atoms with Crippen molar-refractivity contribution in [1.29, 1.82) is 0 Å². The van der Waals surface area contributed by atoms with Crippen LogP contribution in [0.1, 0.15) is 31.9 Å². The molecule has 0 saturated carbocycles. The van der Waals surface area contributed by atoms with Gasteiger partial charge in [-0.2, -0.15) is 4.98 Å². The van der Waals surface area contributed by atoms with Crippen molar-refractivity contribution in [3.63, 3.8) is 0 Å². The second kappa shape index (κ2) is 9.64. The molecular formula is C25H27N5O3S. The number of hydrogen-bond acceptors (Lipinski definition) is 6. The number of ether oxygens (including phenoxy) is 1. The van der Waals surface area contributed by atoms with Gasteiger partial charge in [-0.25, -0.2) is 9.31 Å². The molecule has 2 N–H and O–H groups in total. The fourth-order valence-corrected chi connectivity index (χ4v) is 4.19. The van der Waals surface area contributed by atoms with Crippen molar-refractivity contribution in [1.82, 2.24) is 19.9 Å². The number of carbonyl (C=O) groups is 2. The predicted molar refractivity (Wildman–Crippen MR) is 133 cm³/mol. The van der Waals surface area contributed by atoms with Gasteiger partial charge in [-0.05, 0) is 33.3 Å². The molecule has 4 rings (SSSR count). The van der Waals surface area contributed by atoms with Crippen LogP contribution in [0.4, 0.5) is 10.7 Å². The highest BCUT2D eigenvalue weighted by Crippen LogP contribution is 2.26. The summed E-state index contributed by atoms with van der Waals surface area (Å²) in [5.74, 6) is -0.251. The van der Waals surface area contributed by atoms with Gasteiger partial charge in [0.2, 0.25) is 10.9 Å². The number of carbonyl (C=O) groups excluding carboxylic acids is 2. The number of aryl methyl sites for hydroxylation is 1. The summed E-state index contributed by atoms with van der Waals surface area (Å²) in [7, 11) is 0. The van der Waals surface area contributed by atoms with Crippen LogP contribution < -0.4 is 10.6 Å². The molecule has 0 radical (unpaired) electrons. The second-order valence-electron chi connectivity index (χ2n) is 8.99. The largest absolute Gasteiger partial charge is 0.444 e. The Morgan fingerprint density at radius 1 is 1.09 bits per heavy atom. The Kier molecular flexibility index (Phi) is 6.65. The number of benzene rings is 2. The van der Waals surface area contributed by atoms with E-state index >= 15 is 0 Å². The summed E-state index contributed by atoms with van der Waals surface area (Å²) in [5, 5.41) is 11.9. The molecule has 176 valence electrons. The molecule has 0 spiro atoms. The number of aromatic nitrogens is 3. The van der Waals surface area contributed by atoms with Crippen LogP contribution in [0, 0.1) is 6.92 Å². The lowest BCUT2D eigenvalue weighted by Crippen LogP contribution is -2.47. The zero-order chi connectivity index (χ0) is 24.3. The Labute approximate surface area is 202 Å². The first-order valence-corrected chi connectivity index (χ1v) is 11.8. The van der Waals surface area contributed by atoms with E-state index in [0.29, 0.717) is 11.4 Å². The van der Waals surface area contributed by atoms with Gasteiger partial charge < -0.3 is 10.1 Å². The maximum absolute atomic E-state index is 13.1. The highest BCUT2D eigenvalue weighted by Gasteiger charge is 2.26. The minimum absolute atomic E-state index is 0.175. The van der Waals surface area contributed by atoms with Crippen molar-refractivity contribution < 1.29 is 14.3 Å². The molecule has 4 aromatic rings. The SMILES string of the molecule is Cc1ccc(-c2csc3nc(NC(=O)C(Cc4ccccc4)NC(=O)OC(C)(C)C)nn23)cc1. The van der Waals surface area contributed by atoms with E-state index in [1.165, 1.54) is 16.9 Å².